The Kier molecular flexibility index (Phi) is 6.71. The molecule has 1 saturated carbocycles. The minimum Gasteiger partial charge on any atom is -0.379 e. The fourth-order valence-corrected chi connectivity index (χ4v) is 6.60. The monoisotopic (exact) mass is 522 g/mol. The molecule has 0 bridgehead atoms. The van der Waals surface area contributed by atoms with Crippen molar-refractivity contribution in [2.75, 3.05) is 35.0 Å². The smallest absolute Gasteiger partial charge is 0.235 e. The van der Waals surface area contributed by atoms with Crippen LogP contribution >= 0.6 is 11.9 Å². The summed E-state index contributed by atoms with van der Waals surface area (Å²) in [4.78, 5) is 15.9. The first kappa shape index (κ1) is 24.5. The molecule has 2 fully saturated rings. The summed E-state index contributed by atoms with van der Waals surface area (Å²) in [5.41, 5.74) is 4.52. The van der Waals surface area contributed by atoms with Crippen molar-refractivity contribution in [3.63, 3.8) is 0 Å². The lowest BCUT2D eigenvalue weighted by atomic mass is 9.65. The van der Waals surface area contributed by atoms with Crippen molar-refractivity contribution in [1.29, 1.82) is 0 Å². The number of hydrogen-bond acceptors (Lipinski definition) is 5. The zero-order valence-corrected chi connectivity index (χ0v) is 21.6. The van der Waals surface area contributed by atoms with Crippen molar-refractivity contribution in [2.45, 2.75) is 61.3 Å². The van der Waals surface area contributed by atoms with Crippen molar-refractivity contribution in [2.24, 2.45) is 0 Å². The van der Waals surface area contributed by atoms with Crippen LogP contribution in [0.25, 0.3) is 0 Å². The topological polar surface area (TPSA) is 56.4 Å². The van der Waals surface area contributed by atoms with Crippen LogP contribution < -0.4 is 15.4 Å². The van der Waals surface area contributed by atoms with E-state index in [2.05, 4.69) is 38.5 Å². The number of carbonyl (C=O) groups is 1. The predicted molar refractivity (Wildman–Crippen MR) is 146 cm³/mol. The predicted octanol–water partition coefficient (Wildman–Crippen LogP) is 6.61. The lowest BCUT2D eigenvalue weighted by Crippen LogP contribution is -2.42. The third kappa shape index (κ3) is 4.89. The molecule has 1 saturated heterocycles. The second kappa shape index (κ2) is 10.1. The number of anilines is 3. The van der Waals surface area contributed by atoms with Gasteiger partial charge in [0.25, 0.3) is 0 Å². The average molecular weight is 523 g/mol. The molecule has 4 aliphatic rings. The quantitative estimate of drug-likeness (QED) is 0.357. The minimum absolute atomic E-state index is 0.0764. The molecule has 2 aromatic carbocycles. The number of likely N-dealkylation sites (tertiary alicyclic amines) is 1. The molecule has 2 aliphatic carbocycles. The highest BCUT2D eigenvalue weighted by atomic mass is 32.2. The molecule has 0 aromatic heterocycles. The maximum absolute atomic E-state index is 14.2. The van der Waals surface area contributed by atoms with Crippen LogP contribution in [0.15, 0.2) is 59.0 Å². The number of hydrogen-bond donors (Lipinski definition) is 3. The zero-order chi connectivity index (χ0) is 25.4. The van der Waals surface area contributed by atoms with E-state index in [-0.39, 0.29) is 11.9 Å². The van der Waals surface area contributed by atoms with E-state index in [9.17, 15) is 13.6 Å². The van der Waals surface area contributed by atoms with Crippen molar-refractivity contribution < 1.29 is 13.6 Å². The second-order valence-corrected chi connectivity index (χ2v) is 11.4. The highest BCUT2D eigenvalue weighted by Crippen LogP contribution is 2.54. The summed E-state index contributed by atoms with van der Waals surface area (Å²) in [5.74, 6) is -1.12. The van der Waals surface area contributed by atoms with Crippen molar-refractivity contribution >= 4 is 34.9 Å². The van der Waals surface area contributed by atoms with Gasteiger partial charge < -0.3 is 15.4 Å². The number of allylic oxidation sites excluding steroid dienone is 2. The molecular weight excluding hydrogens is 490 g/mol. The molecule has 8 heteroatoms. The number of halogens is 2. The first-order valence-corrected chi connectivity index (χ1v) is 14.0. The highest BCUT2D eigenvalue weighted by molar-refractivity contribution is 8.00. The number of piperidine rings is 1. The van der Waals surface area contributed by atoms with Gasteiger partial charge in [-0.25, -0.2) is 8.78 Å². The van der Waals surface area contributed by atoms with E-state index in [1.54, 1.807) is 0 Å². The van der Waals surface area contributed by atoms with Crippen LogP contribution in [0.1, 0.15) is 50.5 Å². The molecule has 0 radical (unpaired) electrons. The van der Waals surface area contributed by atoms with E-state index >= 15 is 0 Å². The molecule has 2 aromatic rings. The van der Waals surface area contributed by atoms with Gasteiger partial charge in [-0.3, -0.25) is 9.69 Å². The molecular formula is C29H32F2N4OS. The Labute approximate surface area is 220 Å². The number of fused-ring (bicyclic) bond motifs is 2. The van der Waals surface area contributed by atoms with E-state index in [4.69, 9.17) is 0 Å². The summed E-state index contributed by atoms with van der Waals surface area (Å²) in [6.45, 7) is 2.99. The Morgan fingerprint density at radius 2 is 2.03 bits per heavy atom. The number of nitrogens with zero attached hydrogens (tertiary/aromatic N) is 1. The SMILES string of the molecule is O=C1Nc2c(NC3CCCN(CC4=CCCC=C4)C3)cc(NSc3ccc(F)cc3F)cc2C12CCC2. The van der Waals surface area contributed by atoms with Crippen LogP contribution in [0.5, 0.6) is 0 Å². The molecule has 37 heavy (non-hydrogen) atoms. The van der Waals surface area contributed by atoms with Crippen molar-refractivity contribution in [1.82, 2.24) is 4.90 Å². The number of carbonyl (C=O) groups excluding carboxylic acids is 1. The summed E-state index contributed by atoms with van der Waals surface area (Å²) >= 11 is 1.11. The fourth-order valence-electron chi connectivity index (χ4n) is 5.96. The van der Waals surface area contributed by atoms with Gasteiger partial charge in [-0.2, -0.15) is 0 Å². The van der Waals surface area contributed by atoms with Crippen LogP contribution in [0.3, 0.4) is 0 Å². The van der Waals surface area contributed by atoms with Gasteiger partial charge in [-0.1, -0.05) is 24.6 Å². The molecule has 1 atom stereocenters. The molecule has 3 N–H and O–H groups in total. The first-order chi connectivity index (χ1) is 18.0. The lowest BCUT2D eigenvalue weighted by Gasteiger charge is -2.36. The highest BCUT2D eigenvalue weighted by Gasteiger charge is 2.52. The maximum atomic E-state index is 14.2. The molecule has 2 heterocycles. The fraction of sp³-hybridized carbons (Fsp3) is 0.414. The number of benzene rings is 2. The van der Waals surface area contributed by atoms with E-state index in [0.717, 1.165) is 105 Å². The van der Waals surface area contributed by atoms with Gasteiger partial charge >= 0.3 is 0 Å². The van der Waals surface area contributed by atoms with E-state index in [1.165, 1.54) is 17.7 Å². The Balaban J connectivity index is 1.23. The largest absolute Gasteiger partial charge is 0.379 e. The molecule has 6 rings (SSSR count). The van der Waals surface area contributed by atoms with Crippen LogP contribution in [-0.4, -0.2) is 36.5 Å². The Bertz CT molecular complexity index is 1270. The Hall–Kier alpha value is -2.84. The summed E-state index contributed by atoms with van der Waals surface area (Å²) in [7, 11) is 0. The van der Waals surface area contributed by atoms with Gasteiger partial charge in [0.1, 0.15) is 11.6 Å². The maximum Gasteiger partial charge on any atom is 0.235 e. The third-order valence-corrected chi connectivity index (χ3v) is 8.94. The summed E-state index contributed by atoms with van der Waals surface area (Å²) in [6.07, 6.45) is 14.0. The van der Waals surface area contributed by atoms with Crippen LogP contribution in [-0.2, 0) is 10.2 Å². The molecule has 5 nitrogen and oxygen atoms in total. The van der Waals surface area contributed by atoms with E-state index < -0.39 is 17.0 Å². The Morgan fingerprint density at radius 1 is 1.14 bits per heavy atom. The van der Waals surface area contributed by atoms with Crippen LogP contribution in [0.4, 0.5) is 25.8 Å². The zero-order valence-electron chi connectivity index (χ0n) is 20.8. The lowest BCUT2D eigenvalue weighted by molar-refractivity contribution is -0.123. The van der Waals surface area contributed by atoms with Crippen LogP contribution in [0, 0.1) is 11.6 Å². The molecule has 1 unspecified atom stereocenters. The van der Waals surface area contributed by atoms with Crippen molar-refractivity contribution in [3.05, 3.63) is 71.3 Å². The van der Waals surface area contributed by atoms with Gasteiger partial charge in [0.05, 0.1) is 21.7 Å². The van der Waals surface area contributed by atoms with Gasteiger partial charge in [0.2, 0.25) is 5.91 Å². The van der Waals surface area contributed by atoms with Gasteiger partial charge in [-0.05, 0) is 92.4 Å². The van der Waals surface area contributed by atoms with E-state index in [1.807, 2.05) is 12.1 Å². The molecule has 194 valence electrons. The molecule has 1 spiro atoms. The van der Waals surface area contributed by atoms with Gasteiger partial charge in [0.15, 0.2) is 0 Å². The normalized spacial score (nSPS) is 22.3. The standard InChI is InChI=1S/C29H32F2N4OS/c30-20-9-10-26(24(31)14-20)37-34-22-15-23-27(33-28(36)29(23)11-5-12-29)25(16-22)32-21-8-4-13-35(18-21)17-19-6-2-1-3-7-19/h2,6-7,9-10,14-16,21,32,34H,1,3-5,8,11-13,17-18H2,(H,33,36). The van der Waals surface area contributed by atoms with Crippen LogP contribution in [0.2, 0.25) is 0 Å². The van der Waals surface area contributed by atoms with Crippen molar-refractivity contribution in [3.8, 4) is 0 Å². The minimum atomic E-state index is -0.602. The summed E-state index contributed by atoms with van der Waals surface area (Å²) in [5, 5.41) is 6.92. The molecule has 1 amide bonds. The molecule has 2 aliphatic heterocycles. The number of rotatable bonds is 7. The number of amides is 1. The number of nitrogens with one attached hydrogen (secondary N) is 3. The van der Waals surface area contributed by atoms with Gasteiger partial charge in [0, 0.05) is 30.9 Å². The average Bonchev–Trinajstić information content (AvgIpc) is 3.17. The summed E-state index contributed by atoms with van der Waals surface area (Å²) in [6, 6.07) is 7.85. The first-order valence-electron chi connectivity index (χ1n) is 13.2. The Morgan fingerprint density at radius 3 is 2.78 bits per heavy atom. The summed E-state index contributed by atoms with van der Waals surface area (Å²) < 4.78 is 30.8. The third-order valence-electron chi connectivity index (χ3n) is 8.05. The van der Waals surface area contributed by atoms with Gasteiger partial charge in [-0.15, -0.1) is 0 Å². The second-order valence-electron chi connectivity index (χ2n) is 10.6. The van der Waals surface area contributed by atoms with E-state index in [0.29, 0.717) is 4.90 Å².